The van der Waals surface area contributed by atoms with Gasteiger partial charge in [0.05, 0.1) is 0 Å². The molecule has 0 amide bonds. The first-order chi connectivity index (χ1) is 9.72. The number of hydrogen-bond donors (Lipinski definition) is 0. The molecule has 5 heteroatoms. The van der Waals surface area contributed by atoms with Crippen LogP contribution in [0.15, 0.2) is 18.2 Å². The van der Waals surface area contributed by atoms with E-state index in [0.717, 1.165) is 38.5 Å². The number of piperazine rings is 1. The van der Waals surface area contributed by atoms with Crippen LogP contribution >= 0.6 is 0 Å². The summed E-state index contributed by atoms with van der Waals surface area (Å²) in [5.74, 6) is 1.57. The molecule has 2 heterocycles. The van der Waals surface area contributed by atoms with E-state index >= 15 is 0 Å². The second-order valence-corrected chi connectivity index (χ2v) is 5.39. The molecule has 3 rings (SSSR count). The molecular formula is C15H20N2O3. The van der Waals surface area contributed by atoms with E-state index < -0.39 is 0 Å². The summed E-state index contributed by atoms with van der Waals surface area (Å²) in [6.07, 6.45) is 0.559. The van der Waals surface area contributed by atoms with Crippen molar-refractivity contribution in [1.82, 2.24) is 9.80 Å². The molecule has 0 saturated carbocycles. The number of fused-ring (bicyclic) bond motifs is 1. The number of Topliss-reactive ketones (excluding diaryl/α,β-unsaturated/α-hetero) is 1. The van der Waals surface area contributed by atoms with E-state index in [2.05, 4.69) is 16.8 Å². The molecule has 0 atom stereocenters. The zero-order valence-electron chi connectivity index (χ0n) is 11.8. The third kappa shape index (κ3) is 2.94. The minimum atomic E-state index is 0.169. The fraction of sp³-hybridized carbons (Fsp3) is 0.533. The lowest BCUT2D eigenvalue weighted by molar-refractivity contribution is 0.0941. The molecule has 1 saturated heterocycles. The molecule has 0 N–H and O–H groups in total. The number of carbonyl (C=O) groups excluding carboxylic acids is 1. The van der Waals surface area contributed by atoms with Crippen LogP contribution in [0.25, 0.3) is 0 Å². The molecule has 0 radical (unpaired) electrons. The molecule has 0 aromatic heterocycles. The van der Waals surface area contributed by atoms with Crippen LogP contribution in [0.3, 0.4) is 0 Å². The predicted molar refractivity (Wildman–Crippen MR) is 75.4 cm³/mol. The van der Waals surface area contributed by atoms with E-state index in [1.807, 2.05) is 12.1 Å². The standard InChI is InChI=1S/C15H20N2O3/c1-16-6-8-17(9-7-16)5-4-13(18)12-2-3-14-15(10-12)20-11-19-14/h2-3,10H,4-9,11H2,1H3. The summed E-state index contributed by atoms with van der Waals surface area (Å²) in [5.41, 5.74) is 0.711. The van der Waals surface area contributed by atoms with Gasteiger partial charge in [-0.05, 0) is 25.2 Å². The Hall–Kier alpha value is -1.59. The van der Waals surface area contributed by atoms with Crippen LogP contribution in [0.2, 0.25) is 0 Å². The molecule has 0 aliphatic carbocycles. The van der Waals surface area contributed by atoms with E-state index in [9.17, 15) is 4.79 Å². The van der Waals surface area contributed by atoms with Gasteiger partial charge >= 0.3 is 0 Å². The topological polar surface area (TPSA) is 42.0 Å². The van der Waals surface area contributed by atoms with E-state index in [1.165, 1.54) is 0 Å². The first kappa shape index (κ1) is 13.4. The Morgan fingerprint density at radius 1 is 1.15 bits per heavy atom. The number of nitrogens with zero attached hydrogens (tertiary/aromatic N) is 2. The summed E-state index contributed by atoms with van der Waals surface area (Å²) in [6.45, 7) is 5.33. The summed E-state index contributed by atoms with van der Waals surface area (Å²) in [6, 6.07) is 5.42. The van der Waals surface area contributed by atoms with Gasteiger partial charge in [0.1, 0.15) is 0 Å². The number of rotatable bonds is 4. The number of ether oxygens (including phenoxy) is 2. The Kier molecular flexibility index (Phi) is 3.89. The Balaban J connectivity index is 1.54. The van der Waals surface area contributed by atoms with Crippen LogP contribution in [0.4, 0.5) is 0 Å². The van der Waals surface area contributed by atoms with Gasteiger partial charge in [0.25, 0.3) is 0 Å². The molecule has 2 aliphatic heterocycles. The zero-order valence-corrected chi connectivity index (χ0v) is 11.8. The fourth-order valence-corrected chi connectivity index (χ4v) is 2.55. The molecule has 5 nitrogen and oxygen atoms in total. The Bertz CT molecular complexity index is 496. The second-order valence-electron chi connectivity index (χ2n) is 5.39. The van der Waals surface area contributed by atoms with Crippen molar-refractivity contribution < 1.29 is 14.3 Å². The van der Waals surface area contributed by atoms with Crippen LogP contribution in [0, 0.1) is 0 Å². The SMILES string of the molecule is CN1CCN(CCC(=O)c2ccc3c(c2)OCO3)CC1. The number of carbonyl (C=O) groups is 1. The Morgan fingerprint density at radius 2 is 1.90 bits per heavy atom. The smallest absolute Gasteiger partial charge is 0.231 e. The van der Waals surface area contributed by atoms with Crippen molar-refractivity contribution in [3.05, 3.63) is 23.8 Å². The number of benzene rings is 1. The summed E-state index contributed by atoms with van der Waals surface area (Å²) >= 11 is 0. The third-order valence-electron chi connectivity index (χ3n) is 3.95. The molecule has 1 fully saturated rings. The van der Waals surface area contributed by atoms with Gasteiger partial charge in [-0.25, -0.2) is 0 Å². The van der Waals surface area contributed by atoms with Gasteiger partial charge in [-0.15, -0.1) is 0 Å². The van der Waals surface area contributed by atoms with Crippen molar-refractivity contribution in [1.29, 1.82) is 0 Å². The number of hydrogen-bond acceptors (Lipinski definition) is 5. The number of ketones is 1. The third-order valence-corrected chi connectivity index (χ3v) is 3.95. The van der Waals surface area contributed by atoms with Gasteiger partial charge in [-0.1, -0.05) is 0 Å². The lowest BCUT2D eigenvalue weighted by Crippen LogP contribution is -2.45. The van der Waals surface area contributed by atoms with Crippen molar-refractivity contribution in [2.45, 2.75) is 6.42 Å². The normalized spacial score (nSPS) is 19.2. The first-order valence-electron chi connectivity index (χ1n) is 7.06. The average Bonchev–Trinajstić information content (AvgIpc) is 2.93. The van der Waals surface area contributed by atoms with Crippen LogP contribution in [-0.4, -0.2) is 62.1 Å². The fourth-order valence-electron chi connectivity index (χ4n) is 2.55. The highest BCUT2D eigenvalue weighted by molar-refractivity contribution is 5.96. The highest BCUT2D eigenvalue weighted by atomic mass is 16.7. The molecule has 0 unspecified atom stereocenters. The predicted octanol–water partition coefficient (Wildman–Crippen LogP) is 1.24. The first-order valence-corrected chi connectivity index (χ1v) is 7.06. The maximum atomic E-state index is 12.2. The minimum absolute atomic E-state index is 0.169. The van der Waals surface area contributed by atoms with Crippen molar-refractivity contribution >= 4 is 5.78 Å². The molecule has 1 aromatic carbocycles. The molecule has 0 bridgehead atoms. The number of likely N-dealkylation sites (N-methyl/N-ethyl adjacent to an activating group) is 1. The summed E-state index contributed by atoms with van der Waals surface area (Å²) < 4.78 is 10.6. The minimum Gasteiger partial charge on any atom is -0.454 e. The highest BCUT2D eigenvalue weighted by Gasteiger charge is 2.18. The van der Waals surface area contributed by atoms with Gasteiger partial charge in [-0.2, -0.15) is 0 Å². The van der Waals surface area contributed by atoms with Gasteiger partial charge in [0.15, 0.2) is 17.3 Å². The van der Waals surface area contributed by atoms with Crippen molar-refractivity contribution in [3.8, 4) is 11.5 Å². The molecule has 108 valence electrons. The molecule has 2 aliphatic rings. The zero-order chi connectivity index (χ0) is 13.9. The van der Waals surface area contributed by atoms with Crippen molar-refractivity contribution in [2.75, 3.05) is 46.6 Å². The summed E-state index contributed by atoms with van der Waals surface area (Å²) in [4.78, 5) is 16.9. The molecular weight excluding hydrogens is 256 g/mol. The van der Waals surface area contributed by atoms with Gasteiger partial charge < -0.3 is 19.3 Å². The maximum Gasteiger partial charge on any atom is 0.231 e. The Labute approximate surface area is 119 Å². The molecule has 20 heavy (non-hydrogen) atoms. The van der Waals surface area contributed by atoms with E-state index in [-0.39, 0.29) is 12.6 Å². The van der Waals surface area contributed by atoms with E-state index in [4.69, 9.17) is 9.47 Å². The van der Waals surface area contributed by atoms with Gasteiger partial charge in [0, 0.05) is 44.7 Å². The maximum absolute atomic E-state index is 12.2. The lowest BCUT2D eigenvalue weighted by atomic mass is 10.1. The lowest BCUT2D eigenvalue weighted by Gasteiger charge is -2.32. The average molecular weight is 276 g/mol. The second kappa shape index (κ2) is 5.81. The van der Waals surface area contributed by atoms with Gasteiger partial charge in [-0.3, -0.25) is 4.79 Å². The van der Waals surface area contributed by atoms with Crippen molar-refractivity contribution in [2.24, 2.45) is 0 Å². The van der Waals surface area contributed by atoms with Crippen LogP contribution in [-0.2, 0) is 0 Å². The summed E-state index contributed by atoms with van der Waals surface area (Å²) in [7, 11) is 2.13. The highest BCUT2D eigenvalue weighted by Crippen LogP contribution is 2.32. The summed E-state index contributed by atoms with van der Waals surface area (Å²) in [5, 5.41) is 0. The molecule has 1 aromatic rings. The van der Waals surface area contributed by atoms with Crippen LogP contribution < -0.4 is 9.47 Å². The quantitative estimate of drug-likeness (QED) is 0.774. The largest absolute Gasteiger partial charge is 0.454 e. The Morgan fingerprint density at radius 3 is 2.70 bits per heavy atom. The van der Waals surface area contributed by atoms with E-state index in [0.29, 0.717) is 17.7 Å². The van der Waals surface area contributed by atoms with Crippen LogP contribution in [0.5, 0.6) is 11.5 Å². The monoisotopic (exact) mass is 276 g/mol. The molecule has 0 spiro atoms. The van der Waals surface area contributed by atoms with Gasteiger partial charge in [0.2, 0.25) is 6.79 Å². The van der Waals surface area contributed by atoms with Crippen LogP contribution in [0.1, 0.15) is 16.8 Å². The van der Waals surface area contributed by atoms with E-state index in [1.54, 1.807) is 6.07 Å². The van der Waals surface area contributed by atoms with Crippen molar-refractivity contribution in [3.63, 3.8) is 0 Å².